The lowest BCUT2D eigenvalue weighted by Gasteiger charge is -2.32. The van der Waals surface area contributed by atoms with Crippen molar-refractivity contribution in [2.75, 3.05) is 59.5 Å². The van der Waals surface area contributed by atoms with E-state index >= 15 is 0 Å². The Morgan fingerprint density at radius 2 is 1.74 bits per heavy atom. The van der Waals surface area contributed by atoms with E-state index in [1.54, 1.807) is 0 Å². The molecule has 1 aliphatic rings. The smallest absolute Gasteiger partial charge is 0.191 e. The van der Waals surface area contributed by atoms with Crippen molar-refractivity contribution in [3.05, 3.63) is 29.8 Å². The maximum Gasteiger partial charge on any atom is 0.191 e. The Morgan fingerprint density at radius 3 is 2.35 bits per heavy atom. The van der Waals surface area contributed by atoms with Crippen LogP contribution in [0.4, 0.5) is 0 Å². The first kappa shape index (κ1) is 28.0. The summed E-state index contributed by atoms with van der Waals surface area (Å²) in [7, 11) is 2.21. The summed E-state index contributed by atoms with van der Waals surface area (Å²) in [6.45, 7) is 17.0. The predicted molar refractivity (Wildman–Crippen MR) is 143 cm³/mol. The summed E-state index contributed by atoms with van der Waals surface area (Å²) >= 11 is 0. The van der Waals surface area contributed by atoms with Crippen LogP contribution in [0.25, 0.3) is 0 Å². The first-order valence-corrected chi connectivity index (χ1v) is 11.7. The Kier molecular flexibility index (Phi) is 14.2. The molecule has 0 aromatic heterocycles. The summed E-state index contributed by atoms with van der Waals surface area (Å²) in [6.07, 6.45) is 2.33. The highest BCUT2D eigenvalue weighted by Gasteiger charge is 2.13. The van der Waals surface area contributed by atoms with E-state index in [4.69, 9.17) is 9.73 Å². The number of ether oxygens (including phenoxy) is 1. The maximum atomic E-state index is 5.78. The lowest BCUT2D eigenvalue weighted by Crippen LogP contribution is -2.44. The number of piperazine rings is 1. The number of unbranched alkanes of at least 4 members (excludes halogenated alkanes) is 1. The Morgan fingerprint density at radius 1 is 1.06 bits per heavy atom. The molecule has 1 aromatic rings. The third-order valence-electron chi connectivity index (χ3n) is 5.41. The third-order valence-corrected chi connectivity index (χ3v) is 5.41. The number of hydrogen-bond acceptors (Lipinski definition) is 4. The van der Waals surface area contributed by atoms with E-state index in [0.29, 0.717) is 5.92 Å². The molecule has 1 saturated heterocycles. The van der Waals surface area contributed by atoms with Gasteiger partial charge >= 0.3 is 0 Å². The molecule has 0 spiro atoms. The fourth-order valence-corrected chi connectivity index (χ4v) is 3.43. The summed E-state index contributed by atoms with van der Waals surface area (Å²) < 4.78 is 5.78. The van der Waals surface area contributed by atoms with Crippen LogP contribution in [-0.2, 0) is 0 Å². The second kappa shape index (κ2) is 15.7. The van der Waals surface area contributed by atoms with Crippen molar-refractivity contribution < 1.29 is 4.74 Å². The highest BCUT2D eigenvalue weighted by Crippen LogP contribution is 2.18. The van der Waals surface area contributed by atoms with Gasteiger partial charge in [-0.15, -0.1) is 24.0 Å². The van der Waals surface area contributed by atoms with E-state index < -0.39 is 0 Å². The molecule has 1 aromatic carbocycles. The van der Waals surface area contributed by atoms with Crippen LogP contribution in [-0.4, -0.2) is 75.2 Å². The van der Waals surface area contributed by atoms with Crippen LogP contribution in [0.2, 0.25) is 0 Å². The minimum absolute atomic E-state index is 0. The first-order chi connectivity index (χ1) is 14.5. The van der Waals surface area contributed by atoms with E-state index in [2.05, 4.69) is 79.4 Å². The van der Waals surface area contributed by atoms with Gasteiger partial charge < -0.3 is 25.2 Å². The van der Waals surface area contributed by atoms with Crippen molar-refractivity contribution in [1.29, 1.82) is 0 Å². The number of aliphatic imine (C=N–C) groups is 1. The summed E-state index contributed by atoms with van der Waals surface area (Å²) in [6, 6.07) is 8.56. The van der Waals surface area contributed by atoms with Gasteiger partial charge in [0.15, 0.2) is 5.96 Å². The van der Waals surface area contributed by atoms with Crippen molar-refractivity contribution in [2.24, 2.45) is 10.9 Å². The Bertz CT molecular complexity index is 615. The van der Waals surface area contributed by atoms with Gasteiger partial charge in [-0.05, 0) is 63.9 Å². The summed E-state index contributed by atoms with van der Waals surface area (Å²) in [5, 5.41) is 6.90. The molecule has 6 nitrogen and oxygen atoms in total. The molecule has 1 heterocycles. The van der Waals surface area contributed by atoms with E-state index in [0.717, 1.165) is 37.8 Å². The zero-order valence-electron chi connectivity index (χ0n) is 20.2. The first-order valence-electron chi connectivity index (χ1n) is 11.7. The molecule has 0 saturated carbocycles. The lowest BCUT2D eigenvalue weighted by atomic mass is 10.1. The Hall–Kier alpha value is -1.06. The molecule has 0 aliphatic carbocycles. The standard InChI is InChI=1S/C24H43N5O.HI/c1-6-25-24(26-13-7-8-14-29-17-15-28(5)16-18-29)27-21(4)22-9-11-23(12-10-22)30-19-20(2)3;/h9-12,20-21H,6-8,13-19H2,1-5H3,(H2,25,26,27);1H. The van der Waals surface area contributed by atoms with Gasteiger partial charge in [0.2, 0.25) is 0 Å². The average Bonchev–Trinajstić information content (AvgIpc) is 2.73. The molecular weight excluding hydrogens is 501 g/mol. The van der Waals surface area contributed by atoms with E-state index in [-0.39, 0.29) is 30.0 Å². The quantitative estimate of drug-likeness (QED) is 0.191. The van der Waals surface area contributed by atoms with Gasteiger partial charge in [0.25, 0.3) is 0 Å². The van der Waals surface area contributed by atoms with E-state index in [1.807, 2.05) is 0 Å². The number of guanidine groups is 1. The molecule has 31 heavy (non-hydrogen) atoms. The van der Waals surface area contributed by atoms with Gasteiger partial charge in [-0.3, -0.25) is 4.99 Å². The summed E-state index contributed by atoms with van der Waals surface area (Å²) in [5.74, 6) is 2.36. The molecule has 1 aliphatic heterocycles. The largest absolute Gasteiger partial charge is 0.493 e. The van der Waals surface area contributed by atoms with Crippen molar-refractivity contribution in [2.45, 2.75) is 46.6 Å². The minimum atomic E-state index is 0. The number of halogens is 1. The van der Waals surface area contributed by atoms with Crippen molar-refractivity contribution >= 4 is 29.9 Å². The predicted octanol–water partition coefficient (Wildman–Crippen LogP) is 3.98. The molecular formula is C24H44IN5O. The summed E-state index contributed by atoms with van der Waals surface area (Å²) in [4.78, 5) is 9.76. The average molecular weight is 546 g/mol. The van der Waals surface area contributed by atoms with Crippen LogP contribution in [0, 0.1) is 5.92 Å². The van der Waals surface area contributed by atoms with Crippen molar-refractivity contribution in [3.63, 3.8) is 0 Å². The van der Waals surface area contributed by atoms with Crippen LogP contribution in [0.15, 0.2) is 29.3 Å². The van der Waals surface area contributed by atoms with E-state index in [9.17, 15) is 0 Å². The van der Waals surface area contributed by atoms with Crippen molar-refractivity contribution in [1.82, 2.24) is 20.4 Å². The van der Waals surface area contributed by atoms with Crippen LogP contribution in [0.5, 0.6) is 5.75 Å². The van der Waals surface area contributed by atoms with Crippen LogP contribution < -0.4 is 15.4 Å². The number of likely N-dealkylation sites (N-methyl/N-ethyl adjacent to an activating group) is 1. The fraction of sp³-hybridized carbons (Fsp3) is 0.708. The zero-order valence-corrected chi connectivity index (χ0v) is 22.5. The molecule has 1 unspecified atom stereocenters. The molecule has 7 heteroatoms. The topological polar surface area (TPSA) is 52.1 Å². The van der Waals surface area contributed by atoms with Gasteiger partial charge in [0, 0.05) is 39.3 Å². The van der Waals surface area contributed by atoms with Gasteiger partial charge in [0.1, 0.15) is 5.75 Å². The lowest BCUT2D eigenvalue weighted by molar-refractivity contribution is 0.152. The fourth-order valence-electron chi connectivity index (χ4n) is 3.43. The maximum absolute atomic E-state index is 5.78. The van der Waals surface area contributed by atoms with Gasteiger partial charge in [-0.2, -0.15) is 0 Å². The van der Waals surface area contributed by atoms with Crippen LogP contribution >= 0.6 is 24.0 Å². The van der Waals surface area contributed by atoms with Gasteiger partial charge in [-0.25, -0.2) is 0 Å². The molecule has 178 valence electrons. The van der Waals surface area contributed by atoms with E-state index in [1.165, 1.54) is 44.7 Å². The van der Waals surface area contributed by atoms with Crippen LogP contribution in [0.3, 0.4) is 0 Å². The minimum Gasteiger partial charge on any atom is -0.493 e. The number of nitrogens with one attached hydrogen (secondary N) is 2. The van der Waals surface area contributed by atoms with Gasteiger partial charge in [-0.1, -0.05) is 26.0 Å². The monoisotopic (exact) mass is 545 g/mol. The highest BCUT2D eigenvalue weighted by molar-refractivity contribution is 14.0. The molecule has 0 radical (unpaired) electrons. The molecule has 0 amide bonds. The molecule has 1 atom stereocenters. The second-order valence-electron chi connectivity index (χ2n) is 8.75. The van der Waals surface area contributed by atoms with Gasteiger partial charge in [0.05, 0.1) is 12.6 Å². The molecule has 1 fully saturated rings. The SMILES string of the molecule is CCNC(=NCCCCN1CCN(C)CC1)NC(C)c1ccc(OCC(C)C)cc1.I. The number of rotatable bonds is 11. The Balaban J connectivity index is 0.00000480. The zero-order chi connectivity index (χ0) is 21.8. The number of hydrogen-bond donors (Lipinski definition) is 2. The third kappa shape index (κ3) is 11.4. The molecule has 2 rings (SSSR count). The highest BCUT2D eigenvalue weighted by atomic mass is 127. The Labute approximate surface area is 207 Å². The number of nitrogens with zero attached hydrogens (tertiary/aromatic N) is 3. The molecule has 2 N–H and O–H groups in total. The van der Waals surface area contributed by atoms with Crippen molar-refractivity contribution in [3.8, 4) is 5.75 Å². The number of benzene rings is 1. The normalized spacial score (nSPS) is 16.6. The molecule has 0 bridgehead atoms. The summed E-state index contributed by atoms with van der Waals surface area (Å²) in [5.41, 5.74) is 1.23. The van der Waals surface area contributed by atoms with Crippen LogP contribution in [0.1, 0.15) is 52.1 Å². The second-order valence-corrected chi connectivity index (χ2v) is 8.75.